The second kappa shape index (κ2) is 5.47. The minimum absolute atomic E-state index is 0.311. The van der Waals surface area contributed by atoms with E-state index in [2.05, 4.69) is 0 Å². The van der Waals surface area contributed by atoms with Crippen LogP contribution in [0, 0.1) is 10.1 Å². The maximum atomic E-state index is 10.4. The summed E-state index contributed by atoms with van der Waals surface area (Å²) in [6.07, 6.45) is -0.673. The molecule has 1 aromatic heterocycles. The van der Waals surface area contributed by atoms with Crippen LogP contribution in [0.3, 0.4) is 0 Å². The van der Waals surface area contributed by atoms with Crippen LogP contribution in [0.1, 0.15) is 25.9 Å². The largest absolute Gasteiger partial charge is 0.433 e. The lowest BCUT2D eigenvalue weighted by atomic mass is 10.4. The number of rotatable bonds is 6. The van der Waals surface area contributed by atoms with Gasteiger partial charge in [-0.2, -0.15) is 0 Å². The van der Waals surface area contributed by atoms with Crippen LogP contribution in [0.25, 0.3) is 0 Å². The second-order valence-corrected chi connectivity index (χ2v) is 2.68. The molecule has 0 aliphatic heterocycles. The molecule has 6 nitrogen and oxygen atoms in total. The number of nitrogens with zero attached hydrogens (tertiary/aromatic N) is 1. The van der Waals surface area contributed by atoms with E-state index in [0.29, 0.717) is 19.0 Å². The Hall–Kier alpha value is -1.40. The highest BCUT2D eigenvalue weighted by Gasteiger charge is 2.20. The van der Waals surface area contributed by atoms with E-state index in [9.17, 15) is 10.1 Å². The zero-order valence-electron chi connectivity index (χ0n) is 8.63. The summed E-state index contributed by atoms with van der Waals surface area (Å²) in [5.74, 6) is -0.000180. The standard InChI is InChI=1S/C9H13NO5/c1-3-13-9(14-4-2)7-5-6-8(15-7)10(11)12/h5-6,9H,3-4H2,1-2H3. The topological polar surface area (TPSA) is 74.7 Å². The monoisotopic (exact) mass is 215 g/mol. The molecular weight excluding hydrogens is 202 g/mol. The molecule has 1 aromatic rings. The summed E-state index contributed by atoms with van der Waals surface area (Å²) in [7, 11) is 0. The first-order valence-corrected chi connectivity index (χ1v) is 4.66. The molecule has 0 bridgehead atoms. The molecule has 0 atom stereocenters. The van der Waals surface area contributed by atoms with Crippen molar-refractivity contribution in [1.82, 2.24) is 0 Å². The van der Waals surface area contributed by atoms with Gasteiger partial charge in [0.15, 0.2) is 5.76 Å². The van der Waals surface area contributed by atoms with Crippen LogP contribution < -0.4 is 0 Å². The molecule has 0 fully saturated rings. The fourth-order valence-corrected chi connectivity index (χ4v) is 1.08. The van der Waals surface area contributed by atoms with Crippen LogP contribution in [0.4, 0.5) is 5.88 Å². The minimum atomic E-state index is -0.673. The predicted octanol–water partition coefficient (Wildman–Crippen LogP) is 2.26. The van der Waals surface area contributed by atoms with Crippen molar-refractivity contribution in [2.24, 2.45) is 0 Å². The Balaban J connectivity index is 2.76. The van der Waals surface area contributed by atoms with Crippen molar-refractivity contribution in [3.63, 3.8) is 0 Å². The molecule has 6 heteroatoms. The molecule has 0 spiro atoms. The Bertz CT molecular complexity index is 316. The van der Waals surface area contributed by atoms with Gasteiger partial charge < -0.3 is 13.9 Å². The minimum Gasteiger partial charge on any atom is -0.400 e. The maximum Gasteiger partial charge on any atom is 0.433 e. The molecular formula is C9H13NO5. The van der Waals surface area contributed by atoms with Gasteiger partial charge >= 0.3 is 5.88 Å². The van der Waals surface area contributed by atoms with Crippen LogP contribution >= 0.6 is 0 Å². The Kier molecular flexibility index (Phi) is 4.26. The highest BCUT2D eigenvalue weighted by molar-refractivity contribution is 5.18. The molecule has 0 radical (unpaired) electrons. The van der Waals surface area contributed by atoms with E-state index in [1.807, 2.05) is 13.8 Å². The summed E-state index contributed by atoms with van der Waals surface area (Å²) in [6.45, 7) is 4.51. The molecule has 0 saturated carbocycles. The third-order valence-corrected chi connectivity index (χ3v) is 1.66. The molecule has 84 valence electrons. The lowest BCUT2D eigenvalue weighted by molar-refractivity contribution is -0.403. The molecule has 0 aromatic carbocycles. The Morgan fingerprint density at radius 2 is 2.00 bits per heavy atom. The van der Waals surface area contributed by atoms with Crippen molar-refractivity contribution >= 4 is 5.88 Å². The molecule has 15 heavy (non-hydrogen) atoms. The lowest BCUT2D eigenvalue weighted by Crippen LogP contribution is -2.07. The van der Waals surface area contributed by atoms with E-state index in [0.717, 1.165) is 0 Å². The summed E-state index contributed by atoms with van der Waals surface area (Å²) in [5, 5.41) is 10.4. The van der Waals surface area contributed by atoms with Gasteiger partial charge in [0.2, 0.25) is 6.29 Å². The van der Waals surface area contributed by atoms with E-state index in [-0.39, 0.29) is 5.88 Å². The van der Waals surface area contributed by atoms with Crippen LogP contribution in [-0.4, -0.2) is 18.1 Å². The number of hydrogen-bond acceptors (Lipinski definition) is 5. The van der Waals surface area contributed by atoms with Crippen molar-refractivity contribution in [2.45, 2.75) is 20.1 Å². The van der Waals surface area contributed by atoms with E-state index in [1.165, 1.54) is 12.1 Å². The first kappa shape index (κ1) is 11.7. The molecule has 1 heterocycles. The number of nitro groups is 1. The molecule has 1 rings (SSSR count). The molecule has 0 aliphatic carbocycles. The molecule has 0 unspecified atom stereocenters. The highest BCUT2D eigenvalue weighted by atomic mass is 16.7. The van der Waals surface area contributed by atoms with Crippen molar-refractivity contribution in [3.8, 4) is 0 Å². The zero-order chi connectivity index (χ0) is 11.3. The molecule has 0 N–H and O–H groups in total. The van der Waals surface area contributed by atoms with Crippen LogP contribution in [0.2, 0.25) is 0 Å². The third kappa shape index (κ3) is 3.03. The average molecular weight is 215 g/mol. The fourth-order valence-electron chi connectivity index (χ4n) is 1.08. The summed E-state index contributed by atoms with van der Waals surface area (Å²) in [5.41, 5.74) is 0. The van der Waals surface area contributed by atoms with E-state index in [1.54, 1.807) is 0 Å². The molecule has 0 aliphatic rings. The van der Waals surface area contributed by atoms with Crippen LogP contribution in [0.5, 0.6) is 0 Å². The van der Waals surface area contributed by atoms with Gasteiger partial charge in [0.05, 0.1) is 6.07 Å². The lowest BCUT2D eigenvalue weighted by Gasteiger charge is -2.13. The van der Waals surface area contributed by atoms with Gasteiger partial charge in [0.1, 0.15) is 4.92 Å². The van der Waals surface area contributed by atoms with E-state index < -0.39 is 11.2 Å². The van der Waals surface area contributed by atoms with Gasteiger partial charge in [-0.3, -0.25) is 10.1 Å². The summed E-state index contributed by atoms with van der Waals surface area (Å²) < 4.78 is 15.4. The van der Waals surface area contributed by atoms with Crippen molar-refractivity contribution < 1.29 is 18.8 Å². The number of furan rings is 1. The van der Waals surface area contributed by atoms with Gasteiger partial charge in [0, 0.05) is 13.2 Å². The van der Waals surface area contributed by atoms with Crippen molar-refractivity contribution in [3.05, 3.63) is 28.0 Å². The number of hydrogen-bond donors (Lipinski definition) is 0. The third-order valence-electron chi connectivity index (χ3n) is 1.66. The quantitative estimate of drug-likeness (QED) is 0.413. The normalized spacial score (nSPS) is 10.9. The van der Waals surface area contributed by atoms with E-state index in [4.69, 9.17) is 13.9 Å². The Labute approximate surface area is 86.9 Å². The van der Waals surface area contributed by atoms with E-state index >= 15 is 0 Å². The Morgan fingerprint density at radius 3 is 2.40 bits per heavy atom. The van der Waals surface area contributed by atoms with Gasteiger partial charge in [-0.15, -0.1) is 0 Å². The summed E-state index contributed by atoms with van der Waals surface area (Å²) >= 11 is 0. The summed E-state index contributed by atoms with van der Waals surface area (Å²) in [6, 6.07) is 2.76. The first-order chi connectivity index (χ1) is 7.19. The fraction of sp³-hybridized carbons (Fsp3) is 0.556. The van der Waals surface area contributed by atoms with Gasteiger partial charge in [-0.1, -0.05) is 0 Å². The molecule has 0 amide bonds. The number of ether oxygens (including phenoxy) is 2. The average Bonchev–Trinajstić information content (AvgIpc) is 2.66. The highest BCUT2D eigenvalue weighted by Crippen LogP contribution is 2.24. The second-order valence-electron chi connectivity index (χ2n) is 2.68. The smallest absolute Gasteiger partial charge is 0.400 e. The van der Waals surface area contributed by atoms with Crippen molar-refractivity contribution in [2.75, 3.05) is 13.2 Å². The van der Waals surface area contributed by atoms with Crippen LogP contribution in [0.15, 0.2) is 16.5 Å². The maximum absolute atomic E-state index is 10.4. The SMILES string of the molecule is CCOC(OCC)c1ccc([N+](=O)[O-])o1. The van der Waals surface area contributed by atoms with Gasteiger partial charge in [0.25, 0.3) is 0 Å². The van der Waals surface area contributed by atoms with Crippen LogP contribution in [-0.2, 0) is 9.47 Å². The van der Waals surface area contributed by atoms with Gasteiger partial charge in [-0.05, 0) is 19.9 Å². The first-order valence-electron chi connectivity index (χ1n) is 4.66. The zero-order valence-corrected chi connectivity index (χ0v) is 8.63. The molecule has 0 saturated heterocycles. The summed E-state index contributed by atoms with van der Waals surface area (Å²) in [4.78, 5) is 9.78. The predicted molar refractivity (Wildman–Crippen MR) is 51.4 cm³/mol. The van der Waals surface area contributed by atoms with Crippen molar-refractivity contribution in [1.29, 1.82) is 0 Å². The van der Waals surface area contributed by atoms with Gasteiger partial charge in [-0.25, -0.2) is 0 Å². The Morgan fingerprint density at radius 1 is 1.40 bits per heavy atom.